The van der Waals surface area contributed by atoms with Crippen LogP contribution in [0.2, 0.25) is 0 Å². The molecule has 5 aliphatic rings. The molecule has 0 atom stereocenters. The van der Waals surface area contributed by atoms with Crippen LogP contribution in [0.15, 0.2) is 18.2 Å². The minimum absolute atomic E-state index is 0.0796. The van der Waals surface area contributed by atoms with E-state index in [1.165, 1.54) is 30.2 Å². The van der Waals surface area contributed by atoms with Gasteiger partial charge in [0, 0.05) is 24.2 Å². The first kappa shape index (κ1) is 20.3. The average molecular weight is 429 g/mol. The van der Waals surface area contributed by atoms with E-state index in [0.29, 0.717) is 36.4 Å². The van der Waals surface area contributed by atoms with Crippen molar-refractivity contribution in [1.29, 1.82) is 0 Å². The summed E-state index contributed by atoms with van der Waals surface area (Å²) in [5, 5.41) is 8.36. The van der Waals surface area contributed by atoms with Crippen LogP contribution in [0.5, 0.6) is 0 Å². The van der Waals surface area contributed by atoms with Crippen molar-refractivity contribution in [2.75, 3.05) is 23.3 Å². The van der Waals surface area contributed by atoms with Gasteiger partial charge in [0.2, 0.25) is 11.8 Å². The summed E-state index contributed by atoms with van der Waals surface area (Å²) in [5.74, 6) is 1.05. The number of nitrogens with one attached hydrogen (secondary N) is 3. The molecule has 4 saturated carbocycles. The predicted molar refractivity (Wildman–Crippen MR) is 114 cm³/mol. The Morgan fingerprint density at radius 2 is 1.77 bits per heavy atom. The van der Waals surface area contributed by atoms with E-state index in [-0.39, 0.29) is 23.7 Å². The molecule has 1 aliphatic heterocycles. The zero-order chi connectivity index (χ0) is 21.6. The van der Waals surface area contributed by atoms with Crippen LogP contribution in [-0.2, 0) is 9.59 Å². The van der Waals surface area contributed by atoms with E-state index in [2.05, 4.69) is 16.0 Å². The smallest absolute Gasteiger partial charge is 0.321 e. The van der Waals surface area contributed by atoms with E-state index in [4.69, 9.17) is 0 Å². The fourth-order valence-corrected chi connectivity index (χ4v) is 6.63. The maximum Gasteiger partial charge on any atom is 0.321 e. The van der Waals surface area contributed by atoms with Gasteiger partial charge in [0.15, 0.2) is 0 Å². The maximum absolute atomic E-state index is 14.4. The molecule has 0 radical (unpaired) electrons. The van der Waals surface area contributed by atoms with Gasteiger partial charge in [-0.2, -0.15) is 0 Å². The lowest BCUT2D eigenvalue weighted by atomic mass is 9.53. The molecule has 4 amide bonds. The second-order valence-corrected chi connectivity index (χ2v) is 9.87. The maximum atomic E-state index is 14.4. The molecule has 0 spiro atoms. The number of anilines is 2. The number of carbonyl (C=O) groups excluding carboxylic acids is 3. The summed E-state index contributed by atoms with van der Waals surface area (Å²) in [6.07, 6.45) is 8.07. The van der Waals surface area contributed by atoms with Crippen LogP contribution in [0.25, 0.3) is 0 Å². The largest absolute Gasteiger partial charge is 0.376 e. The molecule has 5 fully saturated rings. The van der Waals surface area contributed by atoms with E-state index in [1.54, 1.807) is 12.1 Å². The van der Waals surface area contributed by atoms with Gasteiger partial charge < -0.3 is 15.5 Å². The molecular weight excluding hydrogens is 399 g/mol. The Balaban J connectivity index is 1.12. The van der Waals surface area contributed by atoms with E-state index >= 15 is 0 Å². The number of rotatable bonds is 5. The first-order chi connectivity index (χ1) is 14.9. The highest BCUT2D eigenvalue weighted by Gasteiger charge is 2.51. The molecule has 1 aromatic rings. The van der Waals surface area contributed by atoms with Crippen LogP contribution in [-0.4, -0.2) is 36.5 Å². The third-order valence-electron chi connectivity index (χ3n) is 7.43. The summed E-state index contributed by atoms with van der Waals surface area (Å²) in [7, 11) is 0. The number of halogens is 1. The van der Waals surface area contributed by atoms with Gasteiger partial charge in [-0.25, -0.2) is 9.18 Å². The number of imide groups is 1. The Hall–Kier alpha value is -2.64. The van der Waals surface area contributed by atoms with Crippen molar-refractivity contribution in [3.8, 4) is 0 Å². The van der Waals surface area contributed by atoms with E-state index < -0.39 is 17.8 Å². The molecular formula is C23H29FN4O3. The summed E-state index contributed by atoms with van der Waals surface area (Å²) in [4.78, 5) is 37.9. The zero-order valence-electron chi connectivity index (χ0n) is 17.6. The lowest BCUT2D eigenvalue weighted by Crippen LogP contribution is -2.62. The number of urea groups is 1. The molecule has 4 bridgehead atoms. The number of hydrogen-bond acceptors (Lipinski definition) is 4. The SMILES string of the molecule is O=C(CNc1ccc(N2CCCC2=O)c(F)c1)NC(=O)NC12CC3CC(CC(C3)C1)C2. The second kappa shape index (κ2) is 7.80. The van der Waals surface area contributed by atoms with Crippen molar-refractivity contribution < 1.29 is 18.8 Å². The second-order valence-electron chi connectivity index (χ2n) is 9.87. The number of hydrogen-bond donors (Lipinski definition) is 3. The molecule has 3 N–H and O–H groups in total. The summed E-state index contributed by atoms with van der Waals surface area (Å²) >= 11 is 0. The average Bonchev–Trinajstić information content (AvgIpc) is 3.10. The molecule has 0 aromatic heterocycles. The topological polar surface area (TPSA) is 90.5 Å². The highest BCUT2D eigenvalue weighted by atomic mass is 19.1. The van der Waals surface area contributed by atoms with Gasteiger partial charge >= 0.3 is 6.03 Å². The number of amides is 4. The molecule has 6 rings (SSSR count). The Labute approximate surface area is 181 Å². The number of benzene rings is 1. The van der Waals surface area contributed by atoms with Gasteiger partial charge in [0.1, 0.15) is 5.82 Å². The van der Waals surface area contributed by atoms with Crippen molar-refractivity contribution in [2.24, 2.45) is 17.8 Å². The van der Waals surface area contributed by atoms with Crippen molar-refractivity contribution in [2.45, 2.75) is 56.9 Å². The highest BCUT2D eigenvalue weighted by Crippen LogP contribution is 2.55. The monoisotopic (exact) mass is 428 g/mol. The van der Waals surface area contributed by atoms with Gasteiger partial charge in [-0.3, -0.25) is 14.9 Å². The quantitative estimate of drug-likeness (QED) is 0.672. The normalized spacial score (nSPS) is 31.1. The van der Waals surface area contributed by atoms with Crippen molar-refractivity contribution in [3.63, 3.8) is 0 Å². The third kappa shape index (κ3) is 4.12. The van der Waals surface area contributed by atoms with Crippen LogP contribution in [0.1, 0.15) is 51.4 Å². The Morgan fingerprint density at radius 1 is 1.10 bits per heavy atom. The van der Waals surface area contributed by atoms with Gasteiger partial charge in [-0.05, 0) is 80.9 Å². The number of carbonyl (C=O) groups is 3. The molecule has 1 heterocycles. The van der Waals surface area contributed by atoms with Crippen molar-refractivity contribution in [3.05, 3.63) is 24.0 Å². The van der Waals surface area contributed by atoms with Gasteiger partial charge in [-0.1, -0.05) is 0 Å². The highest BCUT2D eigenvalue weighted by molar-refractivity contribution is 5.97. The van der Waals surface area contributed by atoms with Gasteiger partial charge in [0.25, 0.3) is 0 Å². The molecule has 7 nitrogen and oxygen atoms in total. The fourth-order valence-electron chi connectivity index (χ4n) is 6.63. The summed E-state index contributed by atoms with van der Waals surface area (Å²) < 4.78 is 14.4. The predicted octanol–water partition coefficient (Wildman–Crippen LogP) is 3.16. The summed E-state index contributed by atoms with van der Waals surface area (Å²) in [6.45, 7) is 0.375. The fraction of sp³-hybridized carbons (Fsp3) is 0.609. The van der Waals surface area contributed by atoms with Crippen LogP contribution >= 0.6 is 0 Å². The zero-order valence-corrected chi connectivity index (χ0v) is 17.6. The van der Waals surface area contributed by atoms with Crippen LogP contribution < -0.4 is 20.9 Å². The molecule has 1 saturated heterocycles. The molecule has 0 unspecified atom stereocenters. The molecule has 4 aliphatic carbocycles. The van der Waals surface area contributed by atoms with Gasteiger partial charge in [0.05, 0.1) is 12.2 Å². The summed E-state index contributed by atoms with van der Waals surface area (Å²) in [5.41, 5.74) is 0.524. The first-order valence-corrected chi connectivity index (χ1v) is 11.3. The lowest BCUT2D eigenvalue weighted by molar-refractivity contribution is -0.118. The Morgan fingerprint density at radius 3 is 2.35 bits per heavy atom. The third-order valence-corrected chi connectivity index (χ3v) is 7.43. The first-order valence-electron chi connectivity index (χ1n) is 11.3. The van der Waals surface area contributed by atoms with Crippen LogP contribution in [0.3, 0.4) is 0 Å². The Bertz CT molecular complexity index is 883. The van der Waals surface area contributed by atoms with E-state index in [1.807, 2.05) is 0 Å². The van der Waals surface area contributed by atoms with Crippen molar-refractivity contribution in [1.82, 2.24) is 10.6 Å². The standard InChI is InChI=1S/C23H29FN4O3/c24-18-9-17(3-4-19(18)28-5-1-2-21(28)30)25-13-20(29)26-22(31)27-23-10-14-6-15(11-23)8-16(7-14)12-23/h3-4,9,14-16,25H,1-2,5-8,10-13H2,(H2,26,27,29,31). The Kier molecular flexibility index (Phi) is 5.10. The molecule has 8 heteroatoms. The van der Waals surface area contributed by atoms with Crippen molar-refractivity contribution >= 4 is 29.2 Å². The van der Waals surface area contributed by atoms with Gasteiger partial charge in [-0.15, -0.1) is 0 Å². The number of nitrogens with zero attached hydrogens (tertiary/aromatic N) is 1. The molecule has 166 valence electrons. The van der Waals surface area contributed by atoms with Crippen LogP contribution in [0, 0.1) is 23.6 Å². The van der Waals surface area contributed by atoms with E-state index in [0.717, 1.165) is 25.7 Å². The lowest BCUT2D eigenvalue weighted by Gasteiger charge is -2.56. The summed E-state index contributed by atoms with van der Waals surface area (Å²) in [6, 6.07) is 4.00. The van der Waals surface area contributed by atoms with E-state index in [9.17, 15) is 18.8 Å². The molecule has 1 aromatic carbocycles. The van der Waals surface area contributed by atoms with Crippen LogP contribution in [0.4, 0.5) is 20.6 Å². The molecule has 31 heavy (non-hydrogen) atoms. The minimum atomic E-state index is -0.514. The minimum Gasteiger partial charge on any atom is -0.376 e.